The maximum atomic E-state index is 5.96. The van der Waals surface area contributed by atoms with E-state index in [4.69, 9.17) is 23.2 Å². The van der Waals surface area contributed by atoms with Crippen molar-refractivity contribution < 1.29 is 0 Å². The third-order valence-electron chi connectivity index (χ3n) is 2.57. The molecule has 1 aromatic carbocycles. The summed E-state index contributed by atoms with van der Waals surface area (Å²) in [6.45, 7) is 4.45. The molecule has 1 unspecified atom stereocenters. The molecule has 0 bridgehead atoms. The van der Waals surface area contributed by atoms with E-state index in [9.17, 15) is 0 Å². The number of anilines is 1. The van der Waals surface area contributed by atoms with Gasteiger partial charge in [-0.1, -0.05) is 48.8 Å². The Morgan fingerprint density at radius 1 is 1.33 bits per heavy atom. The fourth-order valence-electron chi connectivity index (χ4n) is 1.90. The number of benzene rings is 1. The van der Waals surface area contributed by atoms with Gasteiger partial charge in [0.25, 0.3) is 0 Å². The van der Waals surface area contributed by atoms with Gasteiger partial charge in [0.05, 0.1) is 6.04 Å². The molecule has 0 amide bonds. The standard InChI is InChI=1S/C13H16Cl2N2S/c1-8(2)3-12-7-18-13(17-12)16-11-5-9(14)4-10(15)6-11/h4-6,8,12H,3,7H2,1-2H3,(H,16,17). The highest BCUT2D eigenvalue weighted by atomic mass is 35.5. The van der Waals surface area contributed by atoms with E-state index in [0.717, 1.165) is 23.0 Å². The zero-order valence-electron chi connectivity index (χ0n) is 10.4. The van der Waals surface area contributed by atoms with E-state index in [1.165, 1.54) is 0 Å². The summed E-state index contributed by atoms with van der Waals surface area (Å²) in [5.41, 5.74) is 0.893. The van der Waals surface area contributed by atoms with Gasteiger partial charge >= 0.3 is 0 Å². The number of hydrogen-bond acceptors (Lipinski definition) is 3. The van der Waals surface area contributed by atoms with Crippen LogP contribution in [0, 0.1) is 5.92 Å². The highest BCUT2D eigenvalue weighted by Crippen LogP contribution is 2.27. The monoisotopic (exact) mass is 302 g/mol. The molecule has 2 nitrogen and oxygen atoms in total. The number of thioether (sulfide) groups is 1. The minimum atomic E-state index is 0.423. The second-order valence-electron chi connectivity index (χ2n) is 4.81. The summed E-state index contributed by atoms with van der Waals surface area (Å²) in [4.78, 5) is 4.67. The van der Waals surface area contributed by atoms with Gasteiger partial charge in [0.15, 0.2) is 5.17 Å². The molecular weight excluding hydrogens is 287 g/mol. The molecule has 1 N–H and O–H groups in total. The minimum Gasteiger partial charge on any atom is -0.335 e. The second-order valence-corrected chi connectivity index (χ2v) is 6.69. The van der Waals surface area contributed by atoms with E-state index in [-0.39, 0.29) is 0 Å². The average molecular weight is 303 g/mol. The molecule has 0 fully saturated rings. The first-order valence-corrected chi connectivity index (χ1v) is 7.71. The van der Waals surface area contributed by atoms with Gasteiger partial charge in [-0.2, -0.15) is 0 Å². The fourth-order valence-corrected chi connectivity index (χ4v) is 3.40. The summed E-state index contributed by atoms with van der Waals surface area (Å²) in [5.74, 6) is 1.73. The summed E-state index contributed by atoms with van der Waals surface area (Å²) in [7, 11) is 0. The van der Waals surface area contributed by atoms with Crippen molar-refractivity contribution in [1.82, 2.24) is 0 Å². The van der Waals surface area contributed by atoms with Crippen molar-refractivity contribution in [3.63, 3.8) is 0 Å². The third kappa shape index (κ3) is 4.08. The average Bonchev–Trinajstić information content (AvgIpc) is 2.62. The lowest BCUT2D eigenvalue weighted by Gasteiger charge is -2.07. The van der Waals surface area contributed by atoms with Gasteiger partial charge in [0.1, 0.15) is 0 Å². The van der Waals surface area contributed by atoms with Crippen LogP contribution in [0.15, 0.2) is 23.2 Å². The molecule has 18 heavy (non-hydrogen) atoms. The van der Waals surface area contributed by atoms with E-state index in [1.807, 2.05) is 12.1 Å². The Bertz CT molecular complexity index is 440. The summed E-state index contributed by atoms with van der Waals surface area (Å²) in [6.07, 6.45) is 1.13. The molecule has 2 rings (SSSR count). The first kappa shape index (κ1) is 14.0. The molecule has 1 aromatic rings. The molecule has 1 aliphatic rings. The van der Waals surface area contributed by atoms with Gasteiger partial charge in [-0.15, -0.1) is 0 Å². The maximum absolute atomic E-state index is 5.96. The van der Waals surface area contributed by atoms with E-state index in [2.05, 4.69) is 24.2 Å². The van der Waals surface area contributed by atoms with Gasteiger partial charge < -0.3 is 5.32 Å². The lowest BCUT2D eigenvalue weighted by molar-refractivity contribution is 0.529. The molecule has 98 valence electrons. The molecule has 0 radical (unpaired) electrons. The molecule has 1 aliphatic heterocycles. The highest BCUT2D eigenvalue weighted by Gasteiger charge is 2.19. The maximum Gasteiger partial charge on any atom is 0.161 e. The predicted octanol–water partition coefficient (Wildman–Crippen LogP) is 4.92. The largest absolute Gasteiger partial charge is 0.335 e. The summed E-state index contributed by atoms with van der Waals surface area (Å²) in [6, 6.07) is 5.85. The van der Waals surface area contributed by atoms with Gasteiger partial charge in [-0.05, 0) is 30.5 Å². The Kier molecular flexibility index (Phi) is 4.82. The Morgan fingerprint density at radius 2 is 2.00 bits per heavy atom. The number of nitrogens with one attached hydrogen (secondary N) is 1. The van der Waals surface area contributed by atoms with Crippen LogP contribution in [0.3, 0.4) is 0 Å². The molecule has 0 aliphatic carbocycles. The first-order valence-electron chi connectivity index (χ1n) is 5.96. The lowest BCUT2D eigenvalue weighted by Crippen LogP contribution is -2.08. The molecule has 1 heterocycles. The fraction of sp³-hybridized carbons (Fsp3) is 0.462. The third-order valence-corrected chi connectivity index (χ3v) is 4.04. The Balaban J connectivity index is 2.01. The van der Waals surface area contributed by atoms with Crippen LogP contribution in [-0.2, 0) is 0 Å². The normalized spacial score (nSPS) is 19.2. The van der Waals surface area contributed by atoms with Crippen LogP contribution in [0.2, 0.25) is 10.0 Å². The van der Waals surface area contributed by atoms with E-state index >= 15 is 0 Å². The van der Waals surface area contributed by atoms with Gasteiger partial charge in [-0.3, -0.25) is 4.99 Å². The van der Waals surface area contributed by atoms with Gasteiger partial charge in [0.2, 0.25) is 0 Å². The van der Waals surface area contributed by atoms with Crippen LogP contribution >= 0.6 is 35.0 Å². The Morgan fingerprint density at radius 3 is 2.61 bits per heavy atom. The SMILES string of the molecule is CC(C)CC1CSC(Nc2cc(Cl)cc(Cl)c2)=N1. The zero-order chi connectivity index (χ0) is 13.1. The molecule has 0 saturated heterocycles. The van der Waals surface area contributed by atoms with Crippen LogP contribution in [0.25, 0.3) is 0 Å². The van der Waals surface area contributed by atoms with Crippen molar-refractivity contribution in [3.05, 3.63) is 28.2 Å². The van der Waals surface area contributed by atoms with E-state index < -0.39 is 0 Å². The summed E-state index contributed by atoms with van der Waals surface area (Å²) >= 11 is 13.7. The number of halogens is 2. The van der Waals surface area contributed by atoms with Crippen molar-refractivity contribution in [2.75, 3.05) is 11.1 Å². The number of nitrogens with zero attached hydrogens (tertiary/aromatic N) is 1. The van der Waals surface area contributed by atoms with Crippen LogP contribution in [0.4, 0.5) is 5.69 Å². The van der Waals surface area contributed by atoms with Crippen molar-refractivity contribution >= 4 is 45.8 Å². The second kappa shape index (κ2) is 6.18. The van der Waals surface area contributed by atoms with Crippen molar-refractivity contribution in [2.24, 2.45) is 10.9 Å². The number of rotatable bonds is 3. The van der Waals surface area contributed by atoms with E-state index in [0.29, 0.717) is 22.0 Å². The van der Waals surface area contributed by atoms with Gasteiger partial charge in [0, 0.05) is 21.5 Å². The minimum absolute atomic E-state index is 0.423. The topological polar surface area (TPSA) is 24.4 Å². The predicted molar refractivity (Wildman–Crippen MR) is 83.2 cm³/mol. The first-order chi connectivity index (χ1) is 8.52. The number of aliphatic imine (C=N–C) groups is 1. The molecule has 1 atom stereocenters. The lowest BCUT2D eigenvalue weighted by atomic mass is 10.1. The van der Waals surface area contributed by atoms with Crippen LogP contribution in [-0.4, -0.2) is 17.0 Å². The van der Waals surface area contributed by atoms with Gasteiger partial charge in [-0.25, -0.2) is 0 Å². The molecule has 0 spiro atoms. The Labute approximate surface area is 122 Å². The summed E-state index contributed by atoms with van der Waals surface area (Å²) < 4.78 is 0. The quantitative estimate of drug-likeness (QED) is 0.857. The van der Waals surface area contributed by atoms with Crippen molar-refractivity contribution in [1.29, 1.82) is 0 Å². The van der Waals surface area contributed by atoms with Crippen LogP contribution in [0.5, 0.6) is 0 Å². The molecule has 0 aromatic heterocycles. The number of hydrogen-bond donors (Lipinski definition) is 1. The highest BCUT2D eigenvalue weighted by molar-refractivity contribution is 8.14. The summed E-state index contributed by atoms with van der Waals surface area (Å²) in [5, 5.41) is 5.49. The Hall–Kier alpha value is -0.380. The molecule has 0 saturated carbocycles. The van der Waals surface area contributed by atoms with Crippen LogP contribution < -0.4 is 5.32 Å². The number of amidine groups is 1. The smallest absolute Gasteiger partial charge is 0.161 e. The molecule has 5 heteroatoms. The zero-order valence-corrected chi connectivity index (χ0v) is 12.7. The van der Waals surface area contributed by atoms with E-state index in [1.54, 1.807) is 17.8 Å². The van der Waals surface area contributed by atoms with Crippen molar-refractivity contribution in [2.45, 2.75) is 26.3 Å². The van der Waals surface area contributed by atoms with Crippen LogP contribution in [0.1, 0.15) is 20.3 Å². The van der Waals surface area contributed by atoms with Crippen molar-refractivity contribution in [3.8, 4) is 0 Å². The molecular formula is C13H16Cl2N2S.